The zero-order valence-corrected chi connectivity index (χ0v) is 13.1. The highest BCUT2D eigenvalue weighted by atomic mass is 35.5. The summed E-state index contributed by atoms with van der Waals surface area (Å²) in [6, 6.07) is 5.54. The Labute approximate surface area is 126 Å². The van der Waals surface area contributed by atoms with E-state index in [-0.39, 0.29) is 13.2 Å². The molecule has 1 rings (SSSR count). The molecule has 0 bridgehead atoms. The van der Waals surface area contributed by atoms with E-state index in [0.717, 1.165) is 12.1 Å². The molecule has 0 aliphatic carbocycles. The van der Waals surface area contributed by atoms with Crippen molar-refractivity contribution in [1.82, 2.24) is 5.32 Å². The van der Waals surface area contributed by atoms with Crippen molar-refractivity contribution in [2.45, 2.75) is 26.5 Å². The van der Waals surface area contributed by atoms with Crippen LogP contribution in [0.4, 0.5) is 0 Å². The number of rotatable bonds is 9. The summed E-state index contributed by atoms with van der Waals surface area (Å²) >= 11 is 6.21. The Kier molecular flexibility index (Phi) is 7.92. The predicted octanol–water partition coefficient (Wildman–Crippen LogP) is 2.47. The van der Waals surface area contributed by atoms with Crippen LogP contribution < -0.4 is 10.1 Å². The van der Waals surface area contributed by atoms with E-state index in [1.165, 1.54) is 0 Å². The van der Waals surface area contributed by atoms with Gasteiger partial charge in [0.05, 0.1) is 6.61 Å². The number of benzene rings is 1. The van der Waals surface area contributed by atoms with Crippen molar-refractivity contribution in [3.05, 3.63) is 28.8 Å². The molecule has 0 amide bonds. The number of methoxy groups -OCH3 is 1. The zero-order valence-electron chi connectivity index (χ0n) is 12.4. The molecule has 1 aromatic carbocycles. The Morgan fingerprint density at radius 3 is 2.70 bits per heavy atom. The van der Waals surface area contributed by atoms with E-state index in [1.807, 2.05) is 18.2 Å². The molecule has 0 heterocycles. The molecule has 4 nitrogen and oxygen atoms in total. The van der Waals surface area contributed by atoms with Gasteiger partial charge >= 0.3 is 0 Å². The molecule has 0 fully saturated rings. The Bertz CT molecular complexity index is 399. The van der Waals surface area contributed by atoms with Crippen LogP contribution in [-0.2, 0) is 11.3 Å². The van der Waals surface area contributed by atoms with Gasteiger partial charge in [-0.1, -0.05) is 31.5 Å². The molecule has 0 aliphatic rings. The summed E-state index contributed by atoms with van der Waals surface area (Å²) in [6.45, 7) is 6.30. The molecular formula is C15H24ClNO3. The van der Waals surface area contributed by atoms with Crippen LogP contribution in [0.2, 0.25) is 5.02 Å². The molecule has 5 heteroatoms. The second kappa shape index (κ2) is 9.19. The second-order valence-corrected chi connectivity index (χ2v) is 5.57. The van der Waals surface area contributed by atoms with E-state index in [0.29, 0.717) is 23.2 Å². The fourth-order valence-corrected chi connectivity index (χ4v) is 1.99. The number of hydrogen-bond donors (Lipinski definition) is 2. The van der Waals surface area contributed by atoms with Crippen molar-refractivity contribution in [3.8, 4) is 5.75 Å². The first-order valence-corrected chi connectivity index (χ1v) is 7.20. The molecule has 1 unspecified atom stereocenters. The van der Waals surface area contributed by atoms with Crippen LogP contribution in [0.25, 0.3) is 0 Å². The summed E-state index contributed by atoms with van der Waals surface area (Å²) in [5.74, 6) is 1.27. The van der Waals surface area contributed by atoms with Crippen LogP contribution in [0.15, 0.2) is 18.2 Å². The lowest BCUT2D eigenvalue weighted by Crippen LogP contribution is -2.24. The van der Waals surface area contributed by atoms with Crippen molar-refractivity contribution in [3.63, 3.8) is 0 Å². The third-order valence-electron chi connectivity index (χ3n) is 2.72. The summed E-state index contributed by atoms with van der Waals surface area (Å²) < 4.78 is 10.5. The van der Waals surface area contributed by atoms with Crippen LogP contribution >= 0.6 is 11.6 Å². The molecule has 0 aliphatic heterocycles. The molecular weight excluding hydrogens is 278 g/mol. The lowest BCUT2D eigenvalue weighted by atomic mass is 10.1. The number of nitrogens with one attached hydrogen (secondary N) is 1. The van der Waals surface area contributed by atoms with Gasteiger partial charge in [0, 0.05) is 24.2 Å². The predicted molar refractivity (Wildman–Crippen MR) is 81.4 cm³/mol. The van der Waals surface area contributed by atoms with E-state index in [1.54, 1.807) is 7.11 Å². The number of aliphatic hydroxyl groups is 1. The summed E-state index contributed by atoms with van der Waals surface area (Å²) in [4.78, 5) is 0. The molecule has 0 saturated carbocycles. The van der Waals surface area contributed by atoms with Crippen molar-refractivity contribution < 1.29 is 14.6 Å². The van der Waals surface area contributed by atoms with Gasteiger partial charge in [0.15, 0.2) is 0 Å². The molecule has 0 aromatic heterocycles. The third-order valence-corrected chi connectivity index (χ3v) is 3.07. The topological polar surface area (TPSA) is 50.7 Å². The van der Waals surface area contributed by atoms with Crippen molar-refractivity contribution >= 4 is 11.6 Å². The summed E-state index contributed by atoms with van der Waals surface area (Å²) in [5.41, 5.74) is 0.916. The van der Waals surface area contributed by atoms with Gasteiger partial charge in [-0.15, -0.1) is 0 Å². The molecule has 2 N–H and O–H groups in total. The van der Waals surface area contributed by atoms with E-state index < -0.39 is 6.10 Å². The van der Waals surface area contributed by atoms with E-state index in [4.69, 9.17) is 21.1 Å². The van der Waals surface area contributed by atoms with E-state index >= 15 is 0 Å². The maximum atomic E-state index is 9.62. The Morgan fingerprint density at radius 2 is 2.05 bits per heavy atom. The maximum Gasteiger partial charge on any atom is 0.125 e. The fraction of sp³-hybridized carbons (Fsp3) is 0.600. The lowest BCUT2D eigenvalue weighted by Gasteiger charge is -2.16. The Morgan fingerprint density at radius 1 is 1.30 bits per heavy atom. The number of aliphatic hydroxyl groups excluding tert-OH is 1. The lowest BCUT2D eigenvalue weighted by molar-refractivity contribution is 0.0323. The Hall–Kier alpha value is -0.810. The van der Waals surface area contributed by atoms with Crippen LogP contribution in [0.3, 0.4) is 0 Å². The highest BCUT2D eigenvalue weighted by molar-refractivity contribution is 6.31. The monoisotopic (exact) mass is 301 g/mol. The normalized spacial score (nSPS) is 12.7. The summed E-state index contributed by atoms with van der Waals surface area (Å²) in [6.07, 6.45) is -0.643. The number of halogens is 1. The quantitative estimate of drug-likeness (QED) is 0.736. The summed E-state index contributed by atoms with van der Waals surface area (Å²) in [7, 11) is 1.55. The summed E-state index contributed by atoms with van der Waals surface area (Å²) in [5, 5.41) is 13.6. The molecule has 20 heavy (non-hydrogen) atoms. The minimum absolute atomic E-state index is 0.186. The van der Waals surface area contributed by atoms with Gasteiger partial charge in [-0.25, -0.2) is 0 Å². The number of hydrogen-bond acceptors (Lipinski definition) is 4. The minimum Gasteiger partial charge on any atom is -0.490 e. The number of ether oxygens (including phenoxy) is 2. The molecule has 1 atom stereocenters. The fourth-order valence-electron chi connectivity index (χ4n) is 1.76. The van der Waals surface area contributed by atoms with Crippen LogP contribution in [0.1, 0.15) is 19.4 Å². The van der Waals surface area contributed by atoms with Gasteiger partial charge < -0.3 is 19.9 Å². The van der Waals surface area contributed by atoms with Gasteiger partial charge in [-0.2, -0.15) is 0 Å². The first-order valence-electron chi connectivity index (χ1n) is 6.82. The largest absolute Gasteiger partial charge is 0.490 e. The van der Waals surface area contributed by atoms with Crippen LogP contribution in [0.5, 0.6) is 5.75 Å². The average Bonchev–Trinajstić information content (AvgIpc) is 2.39. The first-order chi connectivity index (χ1) is 9.54. The SMILES string of the molecule is COCC(O)COc1cccc(Cl)c1CNCC(C)C. The maximum absolute atomic E-state index is 9.62. The van der Waals surface area contributed by atoms with Crippen molar-refractivity contribution in [2.24, 2.45) is 5.92 Å². The minimum atomic E-state index is -0.643. The van der Waals surface area contributed by atoms with E-state index in [2.05, 4.69) is 19.2 Å². The third kappa shape index (κ3) is 6.09. The van der Waals surface area contributed by atoms with E-state index in [9.17, 15) is 5.11 Å². The second-order valence-electron chi connectivity index (χ2n) is 5.16. The zero-order chi connectivity index (χ0) is 15.0. The van der Waals surface area contributed by atoms with Gasteiger partial charge in [0.1, 0.15) is 18.5 Å². The van der Waals surface area contributed by atoms with Gasteiger partial charge in [-0.05, 0) is 24.6 Å². The highest BCUT2D eigenvalue weighted by Gasteiger charge is 2.11. The van der Waals surface area contributed by atoms with Crippen molar-refractivity contribution in [2.75, 3.05) is 26.9 Å². The Balaban J connectivity index is 2.62. The van der Waals surface area contributed by atoms with Crippen LogP contribution in [-0.4, -0.2) is 38.1 Å². The van der Waals surface area contributed by atoms with Gasteiger partial charge in [0.2, 0.25) is 0 Å². The smallest absolute Gasteiger partial charge is 0.125 e. The van der Waals surface area contributed by atoms with Crippen molar-refractivity contribution in [1.29, 1.82) is 0 Å². The molecule has 114 valence electrons. The average molecular weight is 302 g/mol. The van der Waals surface area contributed by atoms with Gasteiger partial charge in [0.25, 0.3) is 0 Å². The standard InChI is InChI=1S/C15H24ClNO3/c1-11(2)7-17-8-13-14(16)5-4-6-15(13)20-10-12(18)9-19-3/h4-6,11-12,17-18H,7-10H2,1-3H3. The molecule has 0 radical (unpaired) electrons. The van der Waals surface area contributed by atoms with Gasteiger partial charge in [-0.3, -0.25) is 0 Å². The molecule has 0 saturated heterocycles. The first kappa shape index (κ1) is 17.2. The highest BCUT2D eigenvalue weighted by Crippen LogP contribution is 2.26. The molecule has 1 aromatic rings. The molecule has 0 spiro atoms. The van der Waals surface area contributed by atoms with Crippen LogP contribution in [0, 0.1) is 5.92 Å².